The maximum Gasteiger partial charge on any atom is 0.345 e. The Kier molecular flexibility index (Phi) is 6.47. The van der Waals surface area contributed by atoms with E-state index in [0.29, 0.717) is 24.7 Å². The molecule has 16 heavy (non-hydrogen) atoms. The maximum atomic E-state index is 10.6. The molecule has 4 nitrogen and oxygen atoms in total. The van der Waals surface area contributed by atoms with Crippen LogP contribution in [0.4, 0.5) is 0 Å². The lowest BCUT2D eigenvalue weighted by molar-refractivity contribution is 0.0702. The van der Waals surface area contributed by atoms with Crippen LogP contribution in [0.5, 0.6) is 0 Å². The first-order valence-corrected chi connectivity index (χ1v) is 6.62. The largest absolute Gasteiger partial charge is 0.477 e. The van der Waals surface area contributed by atoms with Gasteiger partial charge in [0.2, 0.25) is 0 Å². The molecule has 1 rings (SSSR count). The lowest BCUT2D eigenvalue weighted by Gasteiger charge is -2.01. The summed E-state index contributed by atoms with van der Waals surface area (Å²) < 4.78 is 10.1. The predicted molar refractivity (Wildman–Crippen MR) is 64.7 cm³/mol. The first-order valence-electron chi connectivity index (χ1n) is 4.75. The van der Waals surface area contributed by atoms with E-state index < -0.39 is 5.97 Å². The van der Waals surface area contributed by atoms with Gasteiger partial charge in [0.15, 0.2) is 0 Å². The number of rotatable bonds is 8. The zero-order valence-electron chi connectivity index (χ0n) is 8.97. The van der Waals surface area contributed by atoms with Gasteiger partial charge in [-0.2, -0.15) is 0 Å². The lowest BCUT2D eigenvalue weighted by atomic mass is 10.5. The minimum atomic E-state index is -0.867. The van der Waals surface area contributed by atoms with Crippen LogP contribution in [0.25, 0.3) is 0 Å². The molecule has 90 valence electrons. The topological polar surface area (TPSA) is 55.8 Å². The number of thioether (sulfide) groups is 1. The van der Waals surface area contributed by atoms with Gasteiger partial charge in [-0.05, 0) is 6.07 Å². The van der Waals surface area contributed by atoms with E-state index in [4.69, 9.17) is 14.6 Å². The molecule has 0 unspecified atom stereocenters. The van der Waals surface area contributed by atoms with Crippen LogP contribution in [0.3, 0.4) is 0 Å². The fraction of sp³-hybridized carbons (Fsp3) is 0.500. The number of hydrogen-bond acceptors (Lipinski definition) is 5. The highest BCUT2D eigenvalue weighted by Crippen LogP contribution is 2.24. The summed E-state index contributed by atoms with van der Waals surface area (Å²) in [5.74, 6) is -0.0485. The van der Waals surface area contributed by atoms with Crippen molar-refractivity contribution < 1.29 is 19.4 Å². The minimum absolute atomic E-state index is 0.378. The third-order valence-corrected chi connectivity index (χ3v) is 3.72. The van der Waals surface area contributed by atoms with Crippen LogP contribution < -0.4 is 0 Å². The van der Waals surface area contributed by atoms with Gasteiger partial charge >= 0.3 is 5.97 Å². The molecule has 6 heteroatoms. The molecule has 0 bridgehead atoms. The predicted octanol–water partition coefficient (Wildman–Crippen LogP) is 2.20. The van der Waals surface area contributed by atoms with Crippen LogP contribution in [0, 0.1) is 0 Å². The smallest absolute Gasteiger partial charge is 0.345 e. The van der Waals surface area contributed by atoms with Crippen molar-refractivity contribution in [1.82, 2.24) is 0 Å². The average Bonchev–Trinajstić information content (AvgIpc) is 2.72. The second-order valence-electron chi connectivity index (χ2n) is 2.91. The molecule has 0 spiro atoms. The first kappa shape index (κ1) is 13.5. The highest BCUT2D eigenvalue weighted by Gasteiger charge is 2.06. The van der Waals surface area contributed by atoms with Crippen LogP contribution in [-0.4, -0.2) is 43.8 Å². The van der Waals surface area contributed by atoms with E-state index in [-0.39, 0.29) is 0 Å². The number of ether oxygens (including phenoxy) is 2. The Hall–Kier alpha value is -0.560. The van der Waals surface area contributed by atoms with Gasteiger partial charge in [-0.25, -0.2) is 4.79 Å². The minimum Gasteiger partial charge on any atom is -0.477 e. The van der Waals surface area contributed by atoms with Gasteiger partial charge in [0.25, 0.3) is 0 Å². The standard InChI is InChI=1S/C10H14O4S2/c1-13-2-3-14-4-5-15-8-6-9(10(11)12)16-7-8/h6-7H,2-5H2,1H3,(H,11,12). The molecule has 1 aromatic rings. The maximum absolute atomic E-state index is 10.6. The summed E-state index contributed by atoms with van der Waals surface area (Å²) in [7, 11) is 1.64. The van der Waals surface area contributed by atoms with Crippen LogP contribution >= 0.6 is 23.1 Å². The summed E-state index contributed by atoms with van der Waals surface area (Å²) in [5, 5.41) is 10.6. The number of hydrogen-bond donors (Lipinski definition) is 1. The van der Waals surface area contributed by atoms with Crippen LogP contribution in [0.1, 0.15) is 9.67 Å². The third-order valence-electron chi connectivity index (χ3n) is 1.71. The SMILES string of the molecule is COCCOCCSc1csc(C(=O)O)c1. The summed E-state index contributed by atoms with van der Waals surface area (Å²) in [6.45, 7) is 1.85. The summed E-state index contributed by atoms with van der Waals surface area (Å²) >= 11 is 2.85. The van der Waals surface area contributed by atoms with Crippen molar-refractivity contribution >= 4 is 29.1 Å². The third kappa shape index (κ3) is 4.98. The number of thiophene rings is 1. The number of methoxy groups -OCH3 is 1. The number of carboxylic acid groups (broad SMARTS) is 1. The van der Waals surface area contributed by atoms with Gasteiger partial charge in [0.1, 0.15) is 4.88 Å². The molecule has 0 aliphatic rings. The van der Waals surface area contributed by atoms with E-state index in [0.717, 1.165) is 10.6 Å². The van der Waals surface area contributed by atoms with Gasteiger partial charge in [0, 0.05) is 23.1 Å². The fourth-order valence-electron chi connectivity index (χ4n) is 0.969. The molecule has 0 saturated heterocycles. The Balaban J connectivity index is 2.14. The second-order valence-corrected chi connectivity index (χ2v) is 4.99. The van der Waals surface area contributed by atoms with Crippen molar-refractivity contribution in [3.63, 3.8) is 0 Å². The van der Waals surface area contributed by atoms with E-state index in [1.165, 1.54) is 11.3 Å². The van der Waals surface area contributed by atoms with Crippen LogP contribution in [-0.2, 0) is 9.47 Å². The monoisotopic (exact) mass is 262 g/mol. The molecule has 0 amide bonds. The molecular formula is C10H14O4S2. The Morgan fingerprint density at radius 1 is 1.50 bits per heavy atom. The molecule has 0 saturated carbocycles. The van der Waals surface area contributed by atoms with E-state index in [1.807, 2.05) is 5.38 Å². The Labute approximate surface area is 103 Å². The summed E-state index contributed by atoms with van der Waals surface area (Å²) in [6, 6.07) is 1.69. The van der Waals surface area contributed by atoms with E-state index in [1.54, 1.807) is 24.9 Å². The van der Waals surface area contributed by atoms with Gasteiger partial charge in [-0.15, -0.1) is 23.1 Å². The first-order chi connectivity index (χ1) is 7.74. The molecular weight excluding hydrogens is 248 g/mol. The normalized spacial score (nSPS) is 10.6. The Morgan fingerprint density at radius 3 is 2.94 bits per heavy atom. The van der Waals surface area contributed by atoms with E-state index >= 15 is 0 Å². The molecule has 0 atom stereocenters. The molecule has 0 radical (unpaired) electrons. The van der Waals surface area contributed by atoms with Gasteiger partial charge in [-0.3, -0.25) is 0 Å². The van der Waals surface area contributed by atoms with Gasteiger partial charge in [0.05, 0.1) is 19.8 Å². The summed E-state index contributed by atoms with van der Waals surface area (Å²) in [5.41, 5.74) is 0. The summed E-state index contributed by atoms with van der Waals surface area (Å²) in [4.78, 5) is 12.0. The second kappa shape index (κ2) is 7.67. The van der Waals surface area contributed by atoms with Crippen molar-refractivity contribution in [3.05, 3.63) is 16.3 Å². The molecule has 1 heterocycles. The van der Waals surface area contributed by atoms with Crippen LogP contribution in [0.15, 0.2) is 16.3 Å². The fourth-order valence-corrected chi connectivity index (χ4v) is 2.71. The quantitative estimate of drug-likeness (QED) is 0.575. The molecule has 0 aromatic carbocycles. The van der Waals surface area contributed by atoms with Gasteiger partial charge in [-0.1, -0.05) is 0 Å². The zero-order chi connectivity index (χ0) is 11.8. The van der Waals surface area contributed by atoms with Crippen molar-refractivity contribution in [2.45, 2.75) is 4.90 Å². The lowest BCUT2D eigenvalue weighted by Crippen LogP contribution is -2.04. The van der Waals surface area contributed by atoms with Crippen molar-refractivity contribution in [2.75, 3.05) is 32.7 Å². The van der Waals surface area contributed by atoms with Crippen molar-refractivity contribution in [2.24, 2.45) is 0 Å². The molecule has 0 aliphatic carbocycles. The van der Waals surface area contributed by atoms with Crippen molar-refractivity contribution in [3.8, 4) is 0 Å². The van der Waals surface area contributed by atoms with Crippen molar-refractivity contribution in [1.29, 1.82) is 0 Å². The molecule has 1 N–H and O–H groups in total. The van der Waals surface area contributed by atoms with Crippen LogP contribution in [0.2, 0.25) is 0 Å². The zero-order valence-corrected chi connectivity index (χ0v) is 10.6. The Bertz CT molecular complexity index is 324. The average molecular weight is 262 g/mol. The highest BCUT2D eigenvalue weighted by atomic mass is 32.2. The molecule has 0 aliphatic heterocycles. The molecule has 1 aromatic heterocycles. The van der Waals surface area contributed by atoms with E-state index in [9.17, 15) is 4.79 Å². The number of carboxylic acids is 1. The summed E-state index contributed by atoms with van der Waals surface area (Å²) in [6.07, 6.45) is 0. The van der Waals surface area contributed by atoms with Gasteiger partial charge < -0.3 is 14.6 Å². The Morgan fingerprint density at radius 2 is 2.31 bits per heavy atom. The number of aromatic carboxylic acids is 1. The highest BCUT2D eigenvalue weighted by molar-refractivity contribution is 7.99. The molecule has 0 fully saturated rings. The number of carbonyl (C=O) groups is 1. The van der Waals surface area contributed by atoms with E-state index in [2.05, 4.69) is 0 Å².